The first-order valence-electron chi connectivity index (χ1n) is 7.25. The molecule has 0 unspecified atom stereocenters. The summed E-state index contributed by atoms with van der Waals surface area (Å²) in [5, 5.41) is 7.53. The maximum atomic E-state index is 11.6. The molecule has 7 heteroatoms. The van der Waals surface area contributed by atoms with Crippen molar-refractivity contribution in [3.8, 4) is 5.75 Å². The molecule has 0 aliphatic carbocycles. The molecule has 1 aromatic carbocycles. The zero-order valence-corrected chi connectivity index (χ0v) is 13.2. The molecule has 126 valence electrons. The fourth-order valence-corrected chi connectivity index (χ4v) is 1.67. The van der Waals surface area contributed by atoms with Crippen molar-refractivity contribution in [2.75, 3.05) is 0 Å². The van der Waals surface area contributed by atoms with Gasteiger partial charge in [0.15, 0.2) is 0 Å². The molecule has 1 aromatic rings. The lowest BCUT2D eigenvalue weighted by molar-refractivity contribution is -0.114. The van der Waals surface area contributed by atoms with Crippen LogP contribution in [0.15, 0.2) is 82.2 Å². The van der Waals surface area contributed by atoms with Crippen LogP contribution in [0, 0.1) is 0 Å². The number of carbonyl (C=O) groups is 1. The first kappa shape index (κ1) is 17.6. The Morgan fingerprint density at radius 1 is 1.00 bits per heavy atom. The molecule has 2 N–H and O–H groups in total. The number of rotatable bonds is 1. The Hall–Kier alpha value is -3.74. The van der Waals surface area contributed by atoms with Gasteiger partial charge >= 0.3 is 0 Å². The van der Waals surface area contributed by atoms with Gasteiger partial charge < -0.3 is 15.2 Å². The standard InChI is InChI=1S/C18H16N4O3/c19-18(23)16-13-15-5-1-2-6-17(15)25-12-11-24-10-4-3-7-20-8-9-21-22-14-16/h1-14H,(H2,19,23)/b7-3-,10-4-,12-11-,16-13+,20-8-,21-9-,22-14-. The van der Waals surface area contributed by atoms with Crippen molar-refractivity contribution in [1.82, 2.24) is 0 Å². The van der Waals surface area contributed by atoms with E-state index in [1.165, 1.54) is 37.4 Å². The van der Waals surface area contributed by atoms with Crippen LogP contribution in [0.1, 0.15) is 5.56 Å². The molecule has 0 fully saturated rings. The van der Waals surface area contributed by atoms with Gasteiger partial charge in [0, 0.05) is 18.0 Å². The lowest BCUT2D eigenvalue weighted by atomic mass is 10.1. The number of para-hydroxylation sites is 1. The van der Waals surface area contributed by atoms with Crippen LogP contribution in [0.2, 0.25) is 0 Å². The number of nitrogens with two attached hydrogens (primary N) is 1. The maximum Gasteiger partial charge on any atom is 0.250 e. The molecule has 0 saturated heterocycles. The monoisotopic (exact) mass is 336 g/mol. The summed E-state index contributed by atoms with van der Waals surface area (Å²) < 4.78 is 10.6. The third-order valence-electron chi connectivity index (χ3n) is 2.77. The molecule has 25 heavy (non-hydrogen) atoms. The van der Waals surface area contributed by atoms with E-state index in [2.05, 4.69) is 15.2 Å². The molecule has 0 radical (unpaired) electrons. The van der Waals surface area contributed by atoms with Gasteiger partial charge in [0.1, 0.15) is 18.3 Å². The Bertz CT molecular complexity index is 802. The number of aliphatic imine (C=N–C) groups is 1. The second-order valence-corrected chi connectivity index (χ2v) is 4.51. The molecular formula is C18H16N4O3. The van der Waals surface area contributed by atoms with Crippen molar-refractivity contribution >= 4 is 30.6 Å². The second-order valence-electron chi connectivity index (χ2n) is 4.51. The number of hydrogen-bond donors (Lipinski definition) is 1. The molecule has 2 rings (SSSR count). The topological polar surface area (TPSA) is 98.6 Å². The van der Waals surface area contributed by atoms with Gasteiger partial charge in [-0.25, -0.2) is 0 Å². The van der Waals surface area contributed by atoms with Crippen LogP contribution >= 0.6 is 0 Å². The Morgan fingerprint density at radius 2 is 1.88 bits per heavy atom. The van der Waals surface area contributed by atoms with Crippen molar-refractivity contribution in [2.45, 2.75) is 0 Å². The van der Waals surface area contributed by atoms with Crippen LogP contribution in [0.3, 0.4) is 0 Å². The van der Waals surface area contributed by atoms with Crippen LogP contribution < -0.4 is 10.5 Å². The number of allylic oxidation sites excluding steroid dienone is 2. The quantitative estimate of drug-likeness (QED) is 0.853. The molecule has 1 aliphatic heterocycles. The average Bonchev–Trinajstić information content (AvgIpc) is 2.61. The fourth-order valence-electron chi connectivity index (χ4n) is 1.67. The summed E-state index contributed by atoms with van der Waals surface area (Å²) >= 11 is 0. The van der Waals surface area contributed by atoms with Crippen molar-refractivity contribution in [3.05, 3.63) is 72.5 Å². The number of amides is 1. The molecule has 0 saturated carbocycles. The minimum absolute atomic E-state index is 0.175. The minimum atomic E-state index is -0.635. The average molecular weight is 336 g/mol. The minimum Gasteiger partial charge on any atom is -0.469 e. The Labute approximate surface area is 144 Å². The summed E-state index contributed by atoms with van der Waals surface area (Å²) in [4.78, 5) is 15.5. The van der Waals surface area contributed by atoms with Crippen LogP contribution in [-0.4, -0.2) is 24.6 Å². The highest BCUT2D eigenvalue weighted by atomic mass is 16.5. The Balaban J connectivity index is 2.35. The zero-order chi connectivity index (χ0) is 17.7. The molecular weight excluding hydrogens is 320 g/mol. The molecule has 1 heterocycles. The second kappa shape index (κ2) is 10.1. The van der Waals surface area contributed by atoms with Gasteiger partial charge in [-0.1, -0.05) is 18.2 Å². The predicted molar refractivity (Wildman–Crippen MR) is 98.2 cm³/mol. The van der Waals surface area contributed by atoms with E-state index in [0.717, 1.165) is 0 Å². The van der Waals surface area contributed by atoms with E-state index in [1.54, 1.807) is 42.6 Å². The molecule has 0 spiro atoms. The van der Waals surface area contributed by atoms with E-state index >= 15 is 0 Å². The van der Waals surface area contributed by atoms with Crippen molar-refractivity contribution in [2.24, 2.45) is 20.9 Å². The summed E-state index contributed by atoms with van der Waals surface area (Å²) in [6.07, 6.45) is 14.8. The number of carbonyl (C=O) groups excluding carboxylic acids is 1. The molecule has 1 aliphatic rings. The van der Waals surface area contributed by atoms with Gasteiger partial charge in [0.05, 0.1) is 24.3 Å². The summed E-state index contributed by atoms with van der Waals surface area (Å²) in [6.45, 7) is 0. The maximum absolute atomic E-state index is 11.6. The molecule has 0 aromatic heterocycles. The van der Waals surface area contributed by atoms with Gasteiger partial charge in [0.2, 0.25) is 5.91 Å². The largest absolute Gasteiger partial charge is 0.469 e. The normalized spacial score (nSPS) is 24.4. The van der Waals surface area contributed by atoms with Gasteiger partial charge in [-0.05, 0) is 24.3 Å². The first-order valence-corrected chi connectivity index (χ1v) is 7.25. The fraction of sp³-hybridized carbons (Fsp3) is 0. The number of primary amides is 1. The highest BCUT2D eigenvalue weighted by Crippen LogP contribution is 2.21. The lowest BCUT2D eigenvalue weighted by Gasteiger charge is -2.05. The smallest absolute Gasteiger partial charge is 0.250 e. The van der Waals surface area contributed by atoms with Gasteiger partial charge in [-0.15, -0.1) is 0 Å². The summed E-state index contributed by atoms with van der Waals surface area (Å²) in [5.41, 5.74) is 6.20. The number of fused-ring (bicyclic) bond motifs is 1. The molecule has 0 atom stereocenters. The SMILES string of the molecule is NC(=O)C1=C\c2ccccc2O/C=C\O\C=C/C=C\N=C/C=N\N=C/1. The summed E-state index contributed by atoms with van der Waals surface area (Å²) in [6, 6.07) is 7.14. The number of benzene rings is 1. The van der Waals surface area contributed by atoms with Gasteiger partial charge in [-0.3, -0.25) is 9.79 Å². The Kier molecular flexibility index (Phi) is 7.12. The van der Waals surface area contributed by atoms with E-state index in [4.69, 9.17) is 15.2 Å². The van der Waals surface area contributed by atoms with Gasteiger partial charge in [-0.2, -0.15) is 10.2 Å². The highest BCUT2D eigenvalue weighted by Gasteiger charge is 2.05. The Morgan fingerprint density at radius 3 is 2.76 bits per heavy atom. The third kappa shape index (κ3) is 6.49. The van der Waals surface area contributed by atoms with Crippen molar-refractivity contribution < 1.29 is 14.3 Å². The number of ether oxygens (including phenoxy) is 2. The highest BCUT2D eigenvalue weighted by molar-refractivity contribution is 6.17. The molecule has 1 amide bonds. The van der Waals surface area contributed by atoms with Crippen molar-refractivity contribution in [3.63, 3.8) is 0 Å². The number of hydrogen-bond acceptors (Lipinski definition) is 6. The molecule has 7 nitrogen and oxygen atoms in total. The zero-order valence-electron chi connectivity index (χ0n) is 13.2. The molecule has 0 bridgehead atoms. The van der Waals surface area contributed by atoms with E-state index in [1.807, 2.05) is 6.07 Å². The van der Waals surface area contributed by atoms with E-state index in [0.29, 0.717) is 11.3 Å². The van der Waals surface area contributed by atoms with Crippen LogP contribution in [-0.2, 0) is 9.53 Å². The van der Waals surface area contributed by atoms with Crippen LogP contribution in [0.25, 0.3) is 6.08 Å². The van der Waals surface area contributed by atoms with E-state index in [-0.39, 0.29) is 5.57 Å². The van der Waals surface area contributed by atoms with E-state index in [9.17, 15) is 4.79 Å². The van der Waals surface area contributed by atoms with Crippen LogP contribution in [0.5, 0.6) is 5.75 Å². The number of nitrogens with zero attached hydrogens (tertiary/aromatic N) is 3. The van der Waals surface area contributed by atoms with Crippen molar-refractivity contribution in [1.29, 1.82) is 0 Å². The summed E-state index contributed by atoms with van der Waals surface area (Å²) in [7, 11) is 0. The first-order chi connectivity index (χ1) is 12.3. The third-order valence-corrected chi connectivity index (χ3v) is 2.77. The summed E-state index contributed by atoms with van der Waals surface area (Å²) in [5.74, 6) is -0.112. The lowest BCUT2D eigenvalue weighted by Crippen LogP contribution is -2.14. The van der Waals surface area contributed by atoms with Gasteiger partial charge in [0.25, 0.3) is 0 Å². The van der Waals surface area contributed by atoms with Crippen LogP contribution in [0.4, 0.5) is 0 Å². The van der Waals surface area contributed by atoms with E-state index < -0.39 is 5.91 Å². The predicted octanol–water partition coefficient (Wildman–Crippen LogP) is 2.59.